The second-order valence-corrected chi connectivity index (χ2v) is 4.95. The van der Waals surface area contributed by atoms with Crippen LogP contribution < -0.4 is 0 Å². The average Bonchev–Trinajstić information content (AvgIpc) is 2.59. The fourth-order valence-corrected chi connectivity index (χ4v) is 2.63. The molecule has 0 aliphatic rings. The Balaban J connectivity index is 0.000000308. The number of benzene rings is 4. The first-order chi connectivity index (χ1) is 11.7. The number of fused-ring (bicyclic) bond motifs is 3. The second kappa shape index (κ2) is 8.16. The van der Waals surface area contributed by atoms with E-state index in [1.54, 1.807) is 0 Å². The molecule has 0 aliphatic carbocycles. The Kier molecular flexibility index (Phi) is 5.71. The van der Waals surface area contributed by atoms with Crippen LogP contribution >= 0.6 is 0 Å². The van der Waals surface area contributed by atoms with Gasteiger partial charge in [0.1, 0.15) is 0 Å². The molecule has 4 rings (SSSR count). The van der Waals surface area contributed by atoms with Crippen molar-refractivity contribution in [1.29, 1.82) is 10.8 Å². The van der Waals surface area contributed by atoms with E-state index in [1.807, 2.05) is 0 Å². The zero-order valence-electron chi connectivity index (χ0n) is 12.7. The van der Waals surface area contributed by atoms with Crippen molar-refractivity contribution in [2.75, 3.05) is 0 Å². The zero-order chi connectivity index (χ0) is 17.4. The Bertz CT molecular complexity index is 903. The van der Waals surface area contributed by atoms with Gasteiger partial charge in [0, 0.05) is 0 Å². The number of carbonyl (C=O) groups excluding carboxylic acids is 2. The first-order valence-corrected chi connectivity index (χ1v) is 7.12. The third-order valence-electron chi connectivity index (χ3n) is 3.57. The molecule has 24 heavy (non-hydrogen) atoms. The lowest BCUT2D eigenvalue weighted by atomic mass is 10.00. The summed E-state index contributed by atoms with van der Waals surface area (Å²) in [5.41, 5.74) is 0. The van der Waals surface area contributed by atoms with Crippen molar-refractivity contribution < 1.29 is 9.59 Å². The summed E-state index contributed by atoms with van der Waals surface area (Å²) in [7, 11) is 0. The van der Waals surface area contributed by atoms with E-state index in [4.69, 9.17) is 20.4 Å². The van der Waals surface area contributed by atoms with Crippen LogP contribution in [0.15, 0.2) is 72.8 Å². The van der Waals surface area contributed by atoms with E-state index in [1.165, 1.54) is 32.3 Å². The minimum absolute atomic E-state index is 0.750. The summed E-state index contributed by atoms with van der Waals surface area (Å²) >= 11 is 0. The van der Waals surface area contributed by atoms with Gasteiger partial charge < -0.3 is 0 Å². The van der Waals surface area contributed by atoms with E-state index in [9.17, 15) is 0 Å². The molecule has 0 saturated heterocycles. The number of nitrogens with one attached hydrogen (secondary N) is 2. The van der Waals surface area contributed by atoms with Crippen molar-refractivity contribution in [3.8, 4) is 0 Å². The molecule has 0 amide bonds. The number of rotatable bonds is 0. The van der Waals surface area contributed by atoms with Gasteiger partial charge in [-0.2, -0.15) is 0 Å². The number of hydrogen-bond acceptors (Lipinski definition) is 4. The van der Waals surface area contributed by atoms with Crippen LogP contribution in [0.1, 0.15) is 0 Å². The molecular weight excluding hydrogens is 300 g/mol. The maximum absolute atomic E-state index is 8.35. The molecule has 0 radical (unpaired) electrons. The monoisotopic (exact) mass is 314 g/mol. The van der Waals surface area contributed by atoms with Gasteiger partial charge in [-0.15, -0.1) is 0 Å². The molecule has 0 bridgehead atoms. The Morgan fingerprint density at radius 1 is 0.500 bits per heavy atom. The van der Waals surface area contributed by atoms with Crippen LogP contribution in [0.3, 0.4) is 0 Å². The van der Waals surface area contributed by atoms with Gasteiger partial charge in [0.2, 0.25) is 12.2 Å². The molecule has 0 spiro atoms. The van der Waals surface area contributed by atoms with Crippen LogP contribution in [-0.4, -0.2) is 12.2 Å². The molecule has 4 nitrogen and oxygen atoms in total. The molecule has 0 atom stereocenters. The summed E-state index contributed by atoms with van der Waals surface area (Å²) in [6.07, 6.45) is 1.50. The second-order valence-electron chi connectivity index (χ2n) is 4.95. The first-order valence-electron chi connectivity index (χ1n) is 7.12. The van der Waals surface area contributed by atoms with E-state index >= 15 is 0 Å². The normalized spacial score (nSPS) is 9.17. The van der Waals surface area contributed by atoms with Gasteiger partial charge in [-0.3, -0.25) is 0 Å². The standard InChI is InChI=1S/C18H12.2CHNO/c1-2-6-14-10-18-12-16-8-4-3-7-15(16)11-17(18)9-13(14)5-1;2*2-1-3/h1-12H;2*2H. The highest BCUT2D eigenvalue weighted by molar-refractivity contribution is 6.04. The molecule has 0 aromatic heterocycles. The van der Waals surface area contributed by atoms with Crippen LogP contribution in [0.25, 0.3) is 32.3 Å². The highest BCUT2D eigenvalue weighted by Gasteiger charge is 2.00. The minimum atomic E-state index is 0.750. The molecule has 0 unspecified atom stereocenters. The van der Waals surface area contributed by atoms with Crippen molar-refractivity contribution in [3.05, 3.63) is 72.8 Å². The molecule has 0 fully saturated rings. The van der Waals surface area contributed by atoms with Gasteiger partial charge >= 0.3 is 0 Å². The molecule has 0 aliphatic heterocycles. The Morgan fingerprint density at radius 3 is 0.917 bits per heavy atom. The van der Waals surface area contributed by atoms with Crippen molar-refractivity contribution >= 4 is 44.5 Å². The predicted molar refractivity (Wildman–Crippen MR) is 95.8 cm³/mol. The molecule has 2 N–H and O–H groups in total. The maximum atomic E-state index is 8.35. The average molecular weight is 314 g/mol. The third-order valence-corrected chi connectivity index (χ3v) is 3.57. The van der Waals surface area contributed by atoms with E-state index in [0.29, 0.717) is 0 Å². The van der Waals surface area contributed by atoms with E-state index in [-0.39, 0.29) is 0 Å². The Morgan fingerprint density at radius 2 is 0.708 bits per heavy atom. The predicted octanol–water partition coefficient (Wildman–Crippen LogP) is 4.95. The third kappa shape index (κ3) is 3.79. The van der Waals surface area contributed by atoms with Crippen molar-refractivity contribution in [3.63, 3.8) is 0 Å². The van der Waals surface area contributed by atoms with Crippen LogP contribution in [0, 0.1) is 10.8 Å². The van der Waals surface area contributed by atoms with Gasteiger partial charge in [-0.1, -0.05) is 48.5 Å². The summed E-state index contributed by atoms with van der Waals surface area (Å²) in [5.74, 6) is 0. The molecule has 0 heterocycles. The van der Waals surface area contributed by atoms with Crippen LogP contribution in [0.2, 0.25) is 0 Å². The molecular formula is C20H14N2O2. The lowest BCUT2D eigenvalue weighted by Crippen LogP contribution is -1.78. The van der Waals surface area contributed by atoms with Gasteiger partial charge in [-0.25, -0.2) is 20.4 Å². The number of hydrogen-bond donors (Lipinski definition) is 2. The smallest absolute Gasteiger partial charge is 0.222 e. The molecule has 4 aromatic rings. The summed E-state index contributed by atoms with van der Waals surface area (Å²) < 4.78 is 0. The van der Waals surface area contributed by atoms with Gasteiger partial charge in [-0.05, 0) is 56.6 Å². The van der Waals surface area contributed by atoms with Crippen LogP contribution in [0.5, 0.6) is 0 Å². The maximum Gasteiger partial charge on any atom is 0.231 e. The Labute approximate surface area is 138 Å². The molecule has 116 valence electrons. The van der Waals surface area contributed by atoms with Gasteiger partial charge in [0.05, 0.1) is 0 Å². The summed E-state index contributed by atoms with van der Waals surface area (Å²) in [6, 6.07) is 26.2. The quantitative estimate of drug-likeness (QED) is 0.273. The van der Waals surface area contributed by atoms with Crippen molar-refractivity contribution in [2.45, 2.75) is 0 Å². The topological polar surface area (TPSA) is 81.8 Å². The largest absolute Gasteiger partial charge is 0.231 e. The Hall–Kier alpha value is -3.58. The fourth-order valence-electron chi connectivity index (χ4n) is 2.63. The fraction of sp³-hybridized carbons (Fsp3) is 0. The van der Waals surface area contributed by atoms with E-state index < -0.39 is 0 Å². The molecule has 4 aromatic carbocycles. The molecule has 0 saturated carbocycles. The van der Waals surface area contributed by atoms with Crippen molar-refractivity contribution in [2.24, 2.45) is 0 Å². The SMILES string of the molecule is N=C=O.N=C=O.c1ccc2cc3cc4ccccc4cc3cc2c1. The van der Waals surface area contributed by atoms with Gasteiger partial charge in [0.15, 0.2) is 0 Å². The number of isocyanates is 2. The summed E-state index contributed by atoms with van der Waals surface area (Å²) in [6.45, 7) is 0. The first kappa shape index (κ1) is 16.8. The lowest BCUT2D eigenvalue weighted by Gasteiger charge is -2.04. The summed E-state index contributed by atoms with van der Waals surface area (Å²) in [5, 5.41) is 18.7. The summed E-state index contributed by atoms with van der Waals surface area (Å²) in [4.78, 5) is 16.7. The molecule has 4 heteroatoms. The highest BCUT2D eigenvalue weighted by atomic mass is 16.1. The van der Waals surface area contributed by atoms with Gasteiger partial charge in [0.25, 0.3) is 0 Å². The lowest BCUT2D eigenvalue weighted by molar-refractivity contribution is 0.562. The van der Waals surface area contributed by atoms with Crippen LogP contribution in [0.4, 0.5) is 0 Å². The van der Waals surface area contributed by atoms with E-state index in [0.717, 1.165) is 12.2 Å². The zero-order valence-corrected chi connectivity index (χ0v) is 12.7. The highest BCUT2D eigenvalue weighted by Crippen LogP contribution is 2.27. The van der Waals surface area contributed by atoms with Crippen molar-refractivity contribution in [1.82, 2.24) is 0 Å². The van der Waals surface area contributed by atoms with Crippen LogP contribution in [-0.2, 0) is 9.59 Å². The minimum Gasteiger partial charge on any atom is -0.222 e. The van der Waals surface area contributed by atoms with E-state index in [2.05, 4.69) is 72.8 Å².